The van der Waals surface area contributed by atoms with Gasteiger partial charge in [0.2, 0.25) is 0 Å². The number of benzene rings is 1. The maximum Gasteiger partial charge on any atom is 0.343 e. The van der Waals surface area contributed by atoms with Crippen LogP contribution in [0.3, 0.4) is 0 Å². The van der Waals surface area contributed by atoms with Crippen molar-refractivity contribution in [3.8, 4) is 17.1 Å². The van der Waals surface area contributed by atoms with Gasteiger partial charge in [0.15, 0.2) is 11.4 Å². The topological polar surface area (TPSA) is 134 Å². The van der Waals surface area contributed by atoms with Gasteiger partial charge in [-0.05, 0) is 51.5 Å². The second kappa shape index (κ2) is 7.10. The number of esters is 1. The lowest BCUT2D eigenvalue weighted by atomic mass is 9.84. The number of nitrogens with zero attached hydrogens (tertiary/aromatic N) is 3. The highest BCUT2D eigenvalue weighted by molar-refractivity contribution is 5.94. The Bertz CT molecular complexity index is 1470. The van der Waals surface area contributed by atoms with E-state index in [-0.39, 0.29) is 30.5 Å². The third-order valence-electron chi connectivity index (χ3n) is 6.27. The van der Waals surface area contributed by atoms with Crippen molar-refractivity contribution < 1.29 is 24.3 Å². The zero-order valence-corrected chi connectivity index (χ0v) is 19.2. The number of pyridine rings is 2. The van der Waals surface area contributed by atoms with E-state index in [0.29, 0.717) is 33.6 Å². The lowest BCUT2D eigenvalue weighted by Crippen LogP contribution is -2.49. The van der Waals surface area contributed by atoms with E-state index in [1.165, 1.54) is 16.7 Å². The highest BCUT2D eigenvalue weighted by Gasteiger charge is 2.50. The Hall–Kier alpha value is -3.79. The molecule has 0 amide bonds. The van der Waals surface area contributed by atoms with Crippen molar-refractivity contribution in [2.45, 2.75) is 58.5 Å². The minimum Gasteiger partial charge on any atom is -0.502 e. The van der Waals surface area contributed by atoms with Gasteiger partial charge in [0.1, 0.15) is 6.61 Å². The number of aromatic nitrogens is 2. The van der Waals surface area contributed by atoms with E-state index in [1.807, 2.05) is 20.8 Å². The number of phenolic OH excluding ortho intramolecular Hbond substituents is 1. The van der Waals surface area contributed by atoms with Crippen molar-refractivity contribution in [2.24, 2.45) is 0 Å². The molecule has 0 fully saturated rings. The summed E-state index contributed by atoms with van der Waals surface area (Å²) < 4.78 is 13.2. The lowest BCUT2D eigenvalue weighted by Gasteiger charge is -2.40. The molecule has 0 saturated heterocycles. The summed E-state index contributed by atoms with van der Waals surface area (Å²) in [5.41, 5.74) is -0.169. The molecule has 176 valence electrons. The summed E-state index contributed by atoms with van der Waals surface area (Å²) in [4.78, 5) is 42.0. The molecule has 0 bridgehead atoms. The first-order valence-electron chi connectivity index (χ1n) is 10.9. The van der Waals surface area contributed by atoms with Crippen LogP contribution < -0.4 is 5.56 Å². The molecule has 10 nitrogen and oxygen atoms in total. The molecule has 4 heterocycles. The van der Waals surface area contributed by atoms with Gasteiger partial charge in [0, 0.05) is 11.1 Å². The first-order valence-corrected chi connectivity index (χ1v) is 10.9. The van der Waals surface area contributed by atoms with E-state index in [4.69, 9.17) is 9.47 Å². The third-order valence-corrected chi connectivity index (χ3v) is 6.27. The average Bonchev–Trinajstić information content (AvgIpc) is 3.11. The van der Waals surface area contributed by atoms with E-state index in [0.717, 1.165) is 0 Å². The number of rotatable bonds is 3. The number of aromatic hydroxyl groups is 1. The number of carbonyl (C=O) groups is 1. The number of carbonyl (C=O) groups excluding carboxylic acids is 1. The summed E-state index contributed by atoms with van der Waals surface area (Å²) in [6.45, 7) is 7.29. The zero-order chi connectivity index (χ0) is 24.6. The molecular formula is C24H23N3O7. The van der Waals surface area contributed by atoms with Gasteiger partial charge < -0.3 is 19.1 Å². The summed E-state index contributed by atoms with van der Waals surface area (Å²) in [5, 5.41) is 21.7. The van der Waals surface area contributed by atoms with Gasteiger partial charge in [0.25, 0.3) is 5.56 Å². The van der Waals surface area contributed by atoms with Crippen molar-refractivity contribution in [1.29, 1.82) is 0 Å². The van der Waals surface area contributed by atoms with E-state index in [9.17, 15) is 24.8 Å². The molecule has 0 radical (unpaired) electrons. The Morgan fingerprint density at radius 1 is 1.29 bits per heavy atom. The molecule has 0 spiro atoms. The molecule has 5 rings (SSSR count). The maximum atomic E-state index is 13.5. The van der Waals surface area contributed by atoms with Crippen LogP contribution in [-0.4, -0.2) is 31.2 Å². The summed E-state index contributed by atoms with van der Waals surface area (Å²) in [6.07, 6.45) is 0.266. The third kappa shape index (κ3) is 3.02. The van der Waals surface area contributed by atoms with Crippen LogP contribution in [0.5, 0.6) is 5.75 Å². The minimum absolute atomic E-state index is 0.153. The Labute approximate surface area is 193 Å². The molecule has 10 heteroatoms. The number of nitro benzene ring substituents is 1. The van der Waals surface area contributed by atoms with Gasteiger partial charge in [-0.3, -0.25) is 14.9 Å². The van der Waals surface area contributed by atoms with Gasteiger partial charge in [0.05, 0.1) is 44.9 Å². The second-order valence-corrected chi connectivity index (χ2v) is 9.54. The molecular weight excluding hydrogens is 442 g/mol. The van der Waals surface area contributed by atoms with Crippen LogP contribution in [0.25, 0.3) is 22.3 Å². The predicted octanol–water partition coefficient (Wildman–Crippen LogP) is 3.52. The second-order valence-electron chi connectivity index (χ2n) is 9.54. The SMILES string of the molecule is CC[C@@]1(OC(C)(C)C)C(=O)OCc2c1cc1n(c2=O)Cc2cc3c([N+](=O)[O-])c(O)ccc3nc2-1. The van der Waals surface area contributed by atoms with Crippen molar-refractivity contribution in [1.82, 2.24) is 9.55 Å². The van der Waals surface area contributed by atoms with Crippen LogP contribution in [0, 0.1) is 10.1 Å². The molecule has 0 saturated carbocycles. The smallest absolute Gasteiger partial charge is 0.343 e. The van der Waals surface area contributed by atoms with Crippen LogP contribution in [0.1, 0.15) is 50.8 Å². The largest absolute Gasteiger partial charge is 0.502 e. The monoisotopic (exact) mass is 465 g/mol. The Morgan fingerprint density at radius 2 is 2.03 bits per heavy atom. The van der Waals surface area contributed by atoms with Crippen molar-refractivity contribution >= 4 is 22.6 Å². The summed E-state index contributed by atoms with van der Waals surface area (Å²) in [6, 6.07) is 6.06. The van der Waals surface area contributed by atoms with Crippen LogP contribution in [0.4, 0.5) is 5.69 Å². The van der Waals surface area contributed by atoms with Crippen molar-refractivity contribution in [3.05, 3.63) is 61.4 Å². The van der Waals surface area contributed by atoms with E-state index in [2.05, 4.69) is 4.98 Å². The summed E-state index contributed by atoms with van der Waals surface area (Å²) in [7, 11) is 0. The van der Waals surface area contributed by atoms with Crippen LogP contribution >= 0.6 is 0 Å². The Balaban J connectivity index is 1.78. The molecule has 3 aromatic rings. The summed E-state index contributed by atoms with van der Waals surface area (Å²) in [5.74, 6) is -0.998. The van der Waals surface area contributed by atoms with Crippen molar-refractivity contribution in [3.63, 3.8) is 0 Å². The minimum atomic E-state index is -1.44. The van der Waals surface area contributed by atoms with E-state index < -0.39 is 33.5 Å². The quantitative estimate of drug-likeness (QED) is 0.276. The van der Waals surface area contributed by atoms with Crippen LogP contribution in [-0.2, 0) is 33.0 Å². The number of cyclic esters (lactones) is 1. The molecule has 1 N–H and O–H groups in total. The molecule has 1 atom stereocenters. The Morgan fingerprint density at radius 3 is 2.68 bits per heavy atom. The molecule has 0 aliphatic carbocycles. The molecule has 2 aliphatic heterocycles. The van der Waals surface area contributed by atoms with Crippen LogP contribution in [0.2, 0.25) is 0 Å². The first-order chi connectivity index (χ1) is 16.0. The summed E-state index contributed by atoms with van der Waals surface area (Å²) >= 11 is 0. The number of fused-ring (bicyclic) bond motifs is 5. The van der Waals surface area contributed by atoms with Crippen molar-refractivity contribution in [2.75, 3.05) is 0 Å². The van der Waals surface area contributed by atoms with Gasteiger partial charge in [-0.15, -0.1) is 0 Å². The fourth-order valence-corrected chi connectivity index (χ4v) is 4.90. The number of ether oxygens (including phenoxy) is 2. The predicted molar refractivity (Wildman–Crippen MR) is 121 cm³/mol. The highest BCUT2D eigenvalue weighted by atomic mass is 16.6. The normalized spacial score (nSPS) is 18.9. The molecule has 34 heavy (non-hydrogen) atoms. The maximum absolute atomic E-state index is 13.5. The van der Waals surface area contributed by atoms with Gasteiger partial charge in [-0.2, -0.15) is 0 Å². The number of phenols is 1. The number of hydrogen-bond donors (Lipinski definition) is 1. The van der Waals surface area contributed by atoms with Gasteiger partial charge >= 0.3 is 11.7 Å². The molecule has 2 aromatic heterocycles. The molecule has 1 aromatic carbocycles. The van der Waals surface area contributed by atoms with E-state index >= 15 is 0 Å². The number of nitro groups is 1. The fraction of sp³-hybridized carbons (Fsp3) is 0.375. The molecule has 0 unspecified atom stereocenters. The first kappa shape index (κ1) is 22.0. The lowest BCUT2D eigenvalue weighted by molar-refractivity contribution is -0.384. The average molecular weight is 465 g/mol. The number of hydrogen-bond acceptors (Lipinski definition) is 8. The van der Waals surface area contributed by atoms with E-state index in [1.54, 1.807) is 19.1 Å². The standard InChI is InChI=1S/C24H23N3O7/c1-5-24(34-23(2,3)4)15-9-17-19-12(10-26(17)21(29)14(15)11-33-22(24)30)8-13-16(25-19)6-7-18(28)20(13)27(31)32/h6-9,28H,5,10-11H2,1-4H3/t24-/m0/s1. The molecule has 2 aliphatic rings. The Kier molecular flexibility index (Phi) is 4.60. The zero-order valence-electron chi connectivity index (χ0n) is 19.2. The van der Waals surface area contributed by atoms with Crippen LogP contribution in [0.15, 0.2) is 29.1 Å². The van der Waals surface area contributed by atoms with Gasteiger partial charge in [-0.1, -0.05) is 6.92 Å². The van der Waals surface area contributed by atoms with Gasteiger partial charge in [-0.25, -0.2) is 9.78 Å². The fourth-order valence-electron chi connectivity index (χ4n) is 4.90. The highest BCUT2D eigenvalue weighted by Crippen LogP contribution is 2.43.